The maximum absolute atomic E-state index is 12.9. The second-order valence-corrected chi connectivity index (χ2v) is 8.95. The van der Waals surface area contributed by atoms with Crippen molar-refractivity contribution in [1.29, 1.82) is 0 Å². The molecule has 26 heavy (non-hydrogen) atoms. The Morgan fingerprint density at radius 1 is 1.15 bits per heavy atom. The number of carbonyl (C=O) groups excluding carboxylic acids is 1. The van der Waals surface area contributed by atoms with E-state index in [2.05, 4.69) is 34.6 Å². The molecule has 0 aliphatic heterocycles. The summed E-state index contributed by atoms with van der Waals surface area (Å²) in [4.78, 5) is 13.7. The van der Waals surface area contributed by atoms with E-state index in [4.69, 9.17) is 0 Å². The van der Waals surface area contributed by atoms with Gasteiger partial charge in [0.25, 0.3) is 5.91 Å². The number of hydrogen-bond donors (Lipinski definition) is 1. The van der Waals surface area contributed by atoms with Crippen LogP contribution in [0.2, 0.25) is 0 Å². The molecule has 2 aromatic heterocycles. The number of benzene rings is 1. The molecule has 6 heteroatoms. The van der Waals surface area contributed by atoms with Crippen LogP contribution in [-0.4, -0.2) is 16.1 Å². The summed E-state index contributed by atoms with van der Waals surface area (Å²) < 4.78 is 1.17. The summed E-state index contributed by atoms with van der Waals surface area (Å²) in [7, 11) is 0. The molecule has 0 unspecified atom stereocenters. The van der Waals surface area contributed by atoms with E-state index in [1.54, 1.807) is 11.3 Å². The summed E-state index contributed by atoms with van der Waals surface area (Å²) in [5, 5.41) is 14.5. The van der Waals surface area contributed by atoms with Crippen molar-refractivity contribution in [3.05, 3.63) is 39.7 Å². The molecule has 3 aromatic rings. The molecule has 1 aromatic carbocycles. The molecule has 0 spiro atoms. The summed E-state index contributed by atoms with van der Waals surface area (Å²) in [5.74, 6) is 0.466. The minimum Gasteiger partial charge on any atom is -0.296 e. The Labute approximate surface area is 161 Å². The molecule has 2 heterocycles. The lowest BCUT2D eigenvalue weighted by atomic mass is 9.90. The monoisotopic (exact) mass is 385 g/mol. The first-order chi connectivity index (χ1) is 12.8. The van der Waals surface area contributed by atoms with Crippen LogP contribution in [-0.2, 0) is 6.42 Å². The maximum atomic E-state index is 12.9. The zero-order valence-electron chi connectivity index (χ0n) is 15.0. The van der Waals surface area contributed by atoms with E-state index in [1.165, 1.54) is 53.5 Å². The van der Waals surface area contributed by atoms with Crippen LogP contribution in [0, 0.1) is 0 Å². The predicted molar refractivity (Wildman–Crippen MR) is 110 cm³/mol. The molecule has 1 N–H and O–H groups in total. The summed E-state index contributed by atoms with van der Waals surface area (Å²) in [6, 6.07) is 8.26. The number of rotatable bonds is 5. The number of anilines is 1. The Balaban J connectivity index is 1.56. The van der Waals surface area contributed by atoms with Gasteiger partial charge in [-0.1, -0.05) is 62.1 Å². The second kappa shape index (κ2) is 7.84. The fraction of sp³-hybridized carbons (Fsp3) is 0.450. The maximum Gasteiger partial charge on any atom is 0.267 e. The number of thiophene rings is 1. The van der Waals surface area contributed by atoms with E-state index >= 15 is 0 Å². The highest BCUT2D eigenvalue weighted by molar-refractivity contribution is 7.21. The molecule has 136 valence electrons. The Bertz CT molecular complexity index is 909. The average Bonchev–Trinajstić information content (AvgIpc) is 3.28. The molecular weight excluding hydrogens is 362 g/mol. The van der Waals surface area contributed by atoms with Crippen molar-refractivity contribution in [2.75, 3.05) is 5.32 Å². The van der Waals surface area contributed by atoms with Gasteiger partial charge in [-0.3, -0.25) is 10.1 Å². The molecule has 0 radical (unpaired) electrons. The summed E-state index contributed by atoms with van der Waals surface area (Å²) in [6.07, 6.45) is 8.19. The first-order valence-electron chi connectivity index (χ1n) is 9.41. The lowest BCUT2D eigenvalue weighted by molar-refractivity contribution is 0.102. The Hall–Kier alpha value is -1.79. The molecule has 0 saturated heterocycles. The van der Waals surface area contributed by atoms with Crippen LogP contribution in [0.4, 0.5) is 5.13 Å². The standard InChI is InChI=1S/C20H23N3OS2/c1-2-8-15-14-11-6-7-12-16(14)25-17(15)18(24)21-20-23-22-19(26-20)13-9-4-3-5-10-13/h6-7,11-13H,2-5,8-10H2,1H3,(H,21,23,24). The van der Waals surface area contributed by atoms with Crippen molar-refractivity contribution in [2.24, 2.45) is 0 Å². The van der Waals surface area contributed by atoms with Crippen LogP contribution in [0.5, 0.6) is 0 Å². The van der Waals surface area contributed by atoms with Crippen LogP contribution >= 0.6 is 22.7 Å². The number of nitrogens with one attached hydrogen (secondary N) is 1. The number of hydrogen-bond acceptors (Lipinski definition) is 5. The number of amides is 1. The molecule has 0 bridgehead atoms. The van der Waals surface area contributed by atoms with Gasteiger partial charge in [0.2, 0.25) is 5.13 Å². The normalized spacial score (nSPS) is 15.4. The van der Waals surface area contributed by atoms with E-state index < -0.39 is 0 Å². The molecule has 1 amide bonds. The van der Waals surface area contributed by atoms with Gasteiger partial charge in [0, 0.05) is 10.6 Å². The largest absolute Gasteiger partial charge is 0.296 e. The van der Waals surface area contributed by atoms with E-state index in [0.29, 0.717) is 11.0 Å². The summed E-state index contributed by atoms with van der Waals surface area (Å²) in [5.41, 5.74) is 1.16. The molecule has 1 aliphatic carbocycles. The van der Waals surface area contributed by atoms with Gasteiger partial charge in [-0.05, 0) is 36.3 Å². The SMILES string of the molecule is CCCc1c(C(=O)Nc2nnc(C3CCCCC3)s2)sc2ccccc12. The van der Waals surface area contributed by atoms with Crippen LogP contribution in [0.1, 0.15) is 71.6 Å². The summed E-state index contributed by atoms with van der Waals surface area (Å²) >= 11 is 3.11. The van der Waals surface area contributed by atoms with Crippen LogP contribution in [0.3, 0.4) is 0 Å². The number of aromatic nitrogens is 2. The fourth-order valence-corrected chi connectivity index (χ4v) is 5.79. The van der Waals surface area contributed by atoms with Gasteiger partial charge >= 0.3 is 0 Å². The molecule has 1 fully saturated rings. The molecule has 4 nitrogen and oxygen atoms in total. The first kappa shape index (κ1) is 17.6. The Morgan fingerprint density at radius 3 is 2.77 bits per heavy atom. The molecule has 1 saturated carbocycles. The zero-order chi connectivity index (χ0) is 17.9. The van der Waals surface area contributed by atoms with Gasteiger partial charge in [0.1, 0.15) is 5.01 Å². The minimum absolute atomic E-state index is 0.0546. The molecular formula is C20H23N3OS2. The van der Waals surface area contributed by atoms with Crippen LogP contribution in [0.15, 0.2) is 24.3 Å². The smallest absolute Gasteiger partial charge is 0.267 e. The lowest BCUT2D eigenvalue weighted by Crippen LogP contribution is -2.12. The van der Waals surface area contributed by atoms with Crippen molar-refractivity contribution in [1.82, 2.24) is 10.2 Å². The van der Waals surface area contributed by atoms with Gasteiger partial charge < -0.3 is 0 Å². The predicted octanol–water partition coefficient (Wildman–Crippen LogP) is 6.01. The van der Waals surface area contributed by atoms with E-state index in [0.717, 1.165) is 28.3 Å². The minimum atomic E-state index is -0.0546. The third-order valence-corrected chi connectivity index (χ3v) is 7.23. The highest BCUT2D eigenvalue weighted by atomic mass is 32.1. The lowest BCUT2D eigenvalue weighted by Gasteiger charge is -2.18. The van der Waals surface area contributed by atoms with E-state index in [1.807, 2.05) is 12.1 Å². The highest BCUT2D eigenvalue weighted by Gasteiger charge is 2.22. The second-order valence-electron chi connectivity index (χ2n) is 6.89. The third kappa shape index (κ3) is 3.53. The van der Waals surface area contributed by atoms with Crippen molar-refractivity contribution < 1.29 is 4.79 Å². The first-order valence-corrected chi connectivity index (χ1v) is 11.0. The van der Waals surface area contributed by atoms with Crippen molar-refractivity contribution in [2.45, 2.75) is 57.8 Å². The highest BCUT2D eigenvalue weighted by Crippen LogP contribution is 2.36. The topological polar surface area (TPSA) is 54.9 Å². The Kier molecular flexibility index (Phi) is 5.31. The molecule has 1 aliphatic rings. The van der Waals surface area contributed by atoms with Crippen molar-refractivity contribution >= 4 is 43.8 Å². The van der Waals surface area contributed by atoms with E-state index in [-0.39, 0.29) is 5.91 Å². The van der Waals surface area contributed by atoms with Gasteiger partial charge in [0.15, 0.2) is 0 Å². The number of aryl methyl sites for hydroxylation is 1. The third-order valence-electron chi connectivity index (χ3n) is 5.02. The zero-order valence-corrected chi connectivity index (χ0v) is 16.6. The van der Waals surface area contributed by atoms with Gasteiger partial charge in [0.05, 0.1) is 4.88 Å². The number of carbonyl (C=O) groups is 1. The van der Waals surface area contributed by atoms with Gasteiger partial charge in [-0.25, -0.2) is 0 Å². The quantitative estimate of drug-likeness (QED) is 0.585. The van der Waals surface area contributed by atoms with Crippen molar-refractivity contribution in [3.8, 4) is 0 Å². The fourth-order valence-electron chi connectivity index (χ4n) is 3.73. The summed E-state index contributed by atoms with van der Waals surface area (Å²) in [6.45, 7) is 2.15. The molecule has 0 atom stereocenters. The van der Waals surface area contributed by atoms with Crippen LogP contribution in [0.25, 0.3) is 10.1 Å². The van der Waals surface area contributed by atoms with E-state index in [9.17, 15) is 4.79 Å². The van der Waals surface area contributed by atoms with Crippen molar-refractivity contribution in [3.63, 3.8) is 0 Å². The Morgan fingerprint density at radius 2 is 1.96 bits per heavy atom. The van der Waals surface area contributed by atoms with Gasteiger partial charge in [-0.15, -0.1) is 21.5 Å². The molecule has 4 rings (SSSR count). The average molecular weight is 386 g/mol. The number of nitrogens with zero attached hydrogens (tertiary/aromatic N) is 2. The van der Waals surface area contributed by atoms with Crippen LogP contribution < -0.4 is 5.32 Å². The van der Waals surface area contributed by atoms with Gasteiger partial charge in [-0.2, -0.15) is 0 Å². The number of fused-ring (bicyclic) bond motifs is 1.